The number of anilines is 1. The van der Waals surface area contributed by atoms with Crippen LogP contribution in [-0.2, 0) is 0 Å². The van der Waals surface area contributed by atoms with Crippen LogP contribution in [0.1, 0.15) is 5.82 Å². The van der Waals surface area contributed by atoms with Crippen molar-refractivity contribution in [2.24, 2.45) is 0 Å². The highest BCUT2D eigenvalue weighted by Crippen LogP contribution is 2.24. The lowest BCUT2D eigenvalue weighted by atomic mass is 10.2. The number of benzene rings is 1. The van der Waals surface area contributed by atoms with Crippen LogP contribution < -0.4 is 10.5 Å². The summed E-state index contributed by atoms with van der Waals surface area (Å²) in [6.07, 6.45) is 1.51. The van der Waals surface area contributed by atoms with Crippen molar-refractivity contribution in [3.63, 3.8) is 0 Å². The summed E-state index contributed by atoms with van der Waals surface area (Å²) in [5.41, 5.74) is 7.22. The molecular weight excluding hydrogens is 192 g/mol. The molecule has 1 aromatic heterocycles. The molecule has 0 aliphatic carbocycles. The number of aromatic nitrogens is 3. The van der Waals surface area contributed by atoms with Gasteiger partial charge in [-0.2, -0.15) is 5.10 Å². The molecule has 0 unspecified atom stereocenters. The highest BCUT2D eigenvalue weighted by Gasteiger charge is 2.05. The highest BCUT2D eigenvalue weighted by molar-refractivity contribution is 5.57. The Kier molecular flexibility index (Phi) is 2.29. The number of ether oxygens (including phenoxy) is 1. The van der Waals surface area contributed by atoms with E-state index in [2.05, 4.69) is 10.1 Å². The van der Waals surface area contributed by atoms with E-state index in [4.69, 9.17) is 10.5 Å². The van der Waals surface area contributed by atoms with Crippen molar-refractivity contribution >= 4 is 5.69 Å². The predicted molar refractivity (Wildman–Crippen MR) is 57.1 cm³/mol. The van der Waals surface area contributed by atoms with E-state index >= 15 is 0 Å². The zero-order valence-corrected chi connectivity index (χ0v) is 8.64. The lowest BCUT2D eigenvalue weighted by Gasteiger charge is -2.07. The van der Waals surface area contributed by atoms with Gasteiger partial charge in [0.2, 0.25) is 0 Å². The lowest BCUT2D eigenvalue weighted by Crippen LogP contribution is -2.01. The predicted octanol–water partition coefficient (Wildman–Crippen LogP) is 1.17. The molecule has 1 heterocycles. The average Bonchev–Trinajstić information content (AvgIpc) is 2.65. The number of methoxy groups -OCH3 is 1. The third kappa shape index (κ3) is 1.63. The van der Waals surface area contributed by atoms with Crippen molar-refractivity contribution in [1.29, 1.82) is 0 Å². The number of hydrogen-bond acceptors (Lipinski definition) is 4. The van der Waals surface area contributed by atoms with Crippen molar-refractivity contribution < 1.29 is 4.74 Å². The minimum absolute atomic E-state index is 0.610. The van der Waals surface area contributed by atoms with E-state index in [1.54, 1.807) is 17.9 Å². The van der Waals surface area contributed by atoms with E-state index in [0.717, 1.165) is 11.5 Å². The molecule has 2 N–H and O–H groups in total. The van der Waals surface area contributed by atoms with Gasteiger partial charge in [0.1, 0.15) is 17.9 Å². The third-order valence-electron chi connectivity index (χ3n) is 2.18. The largest absolute Gasteiger partial charge is 0.495 e. The summed E-state index contributed by atoms with van der Waals surface area (Å²) < 4.78 is 6.86. The fraction of sp³-hybridized carbons (Fsp3) is 0.200. The maximum absolute atomic E-state index is 5.72. The molecule has 0 saturated carbocycles. The first-order valence-corrected chi connectivity index (χ1v) is 4.53. The maximum Gasteiger partial charge on any atom is 0.143 e. The SMILES string of the molecule is COc1cc(-n2ncnc2C)ccc1N. The summed E-state index contributed by atoms with van der Waals surface area (Å²) in [5.74, 6) is 1.46. The second-order valence-corrected chi connectivity index (χ2v) is 3.15. The van der Waals surface area contributed by atoms with Crippen LogP contribution in [-0.4, -0.2) is 21.9 Å². The van der Waals surface area contributed by atoms with Crippen LogP contribution in [0.3, 0.4) is 0 Å². The molecule has 0 bridgehead atoms. The van der Waals surface area contributed by atoms with Gasteiger partial charge >= 0.3 is 0 Å². The fourth-order valence-electron chi connectivity index (χ4n) is 1.38. The monoisotopic (exact) mass is 204 g/mol. The number of nitrogen functional groups attached to an aromatic ring is 1. The van der Waals surface area contributed by atoms with Crippen LogP contribution in [0.4, 0.5) is 5.69 Å². The molecule has 0 saturated heterocycles. The number of nitrogens with zero attached hydrogens (tertiary/aromatic N) is 3. The summed E-state index contributed by atoms with van der Waals surface area (Å²) in [5, 5.41) is 4.10. The van der Waals surface area contributed by atoms with Crippen LogP contribution in [0.5, 0.6) is 5.75 Å². The molecule has 0 radical (unpaired) electrons. The smallest absolute Gasteiger partial charge is 0.143 e. The average molecular weight is 204 g/mol. The molecule has 1 aromatic carbocycles. The van der Waals surface area contributed by atoms with Gasteiger partial charge in [-0.3, -0.25) is 0 Å². The van der Waals surface area contributed by atoms with E-state index in [1.807, 2.05) is 19.1 Å². The molecule has 2 aromatic rings. The maximum atomic E-state index is 5.72. The van der Waals surface area contributed by atoms with Crippen LogP contribution in [0, 0.1) is 6.92 Å². The first-order valence-electron chi connectivity index (χ1n) is 4.53. The second kappa shape index (κ2) is 3.61. The molecule has 0 aliphatic heterocycles. The zero-order valence-electron chi connectivity index (χ0n) is 8.64. The summed E-state index contributed by atoms with van der Waals surface area (Å²) in [6, 6.07) is 5.49. The third-order valence-corrected chi connectivity index (χ3v) is 2.18. The van der Waals surface area contributed by atoms with Crippen molar-refractivity contribution in [2.75, 3.05) is 12.8 Å². The van der Waals surface area contributed by atoms with Gasteiger partial charge in [-0.05, 0) is 19.1 Å². The number of rotatable bonds is 2. The summed E-state index contributed by atoms with van der Waals surface area (Å²) in [7, 11) is 1.59. The molecule has 2 rings (SSSR count). The Labute approximate surface area is 87.5 Å². The van der Waals surface area contributed by atoms with Crippen molar-refractivity contribution in [3.8, 4) is 11.4 Å². The van der Waals surface area contributed by atoms with Crippen LogP contribution in [0.2, 0.25) is 0 Å². The fourth-order valence-corrected chi connectivity index (χ4v) is 1.38. The van der Waals surface area contributed by atoms with E-state index < -0.39 is 0 Å². The van der Waals surface area contributed by atoms with Gasteiger partial charge in [0, 0.05) is 6.07 Å². The Balaban J connectivity index is 2.51. The van der Waals surface area contributed by atoms with Gasteiger partial charge in [-0.1, -0.05) is 0 Å². The van der Waals surface area contributed by atoms with Gasteiger partial charge in [-0.25, -0.2) is 9.67 Å². The molecular formula is C10H12N4O. The first-order chi connectivity index (χ1) is 7.22. The first kappa shape index (κ1) is 9.51. The quantitative estimate of drug-likeness (QED) is 0.745. The van der Waals surface area contributed by atoms with Crippen LogP contribution >= 0.6 is 0 Å². The van der Waals surface area contributed by atoms with Crippen LogP contribution in [0.15, 0.2) is 24.5 Å². The number of hydrogen-bond donors (Lipinski definition) is 1. The molecule has 0 spiro atoms. The zero-order chi connectivity index (χ0) is 10.8. The second-order valence-electron chi connectivity index (χ2n) is 3.15. The lowest BCUT2D eigenvalue weighted by molar-refractivity contribution is 0.416. The van der Waals surface area contributed by atoms with Crippen molar-refractivity contribution in [2.45, 2.75) is 6.92 Å². The van der Waals surface area contributed by atoms with E-state index in [0.29, 0.717) is 11.4 Å². The molecule has 15 heavy (non-hydrogen) atoms. The van der Waals surface area contributed by atoms with Gasteiger partial charge < -0.3 is 10.5 Å². The Morgan fingerprint density at radius 1 is 1.40 bits per heavy atom. The molecule has 0 aliphatic rings. The van der Waals surface area contributed by atoms with E-state index in [-0.39, 0.29) is 0 Å². The molecule has 0 fully saturated rings. The molecule has 78 valence electrons. The standard InChI is InChI=1S/C10H12N4O/c1-7-12-6-13-14(7)8-3-4-9(11)10(5-8)15-2/h3-6H,11H2,1-2H3. The number of aryl methyl sites for hydroxylation is 1. The Hall–Kier alpha value is -2.04. The van der Waals surface area contributed by atoms with Gasteiger partial charge in [-0.15, -0.1) is 0 Å². The molecule has 0 atom stereocenters. The van der Waals surface area contributed by atoms with Gasteiger partial charge in [0.05, 0.1) is 18.5 Å². The van der Waals surface area contributed by atoms with E-state index in [9.17, 15) is 0 Å². The summed E-state index contributed by atoms with van der Waals surface area (Å²) in [4.78, 5) is 4.05. The molecule has 5 heteroatoms. The summed E-state index contributed by atoms with van der Waals surface area (Å²) in [6.45, 7) is 1.88. The number of nitrogens with two attached hydrogens (primary N) is 1. The van der Waals surface area contributed by atoms with Gasteiger partial charge in [0.25, 0.3) is 0 Å². The Morgan fingerprint density at radius 2 is 2.20 bits per heavy atom. The normalized spacial score (nSPS) is 10.3. The molecule has 0 amide bonds. The van der Waals surface area contributed by atoms with Crippen molar-refractivity contribution in [3.05, 3.63) is 30.4 Å². The minimum Gasteiger partial charge on any atom is -0.495 e. The van der Waals surface area contributed by atoms with Crippen molar-refractivity contribution in [1.82, 2.24) is 14.8 Å². The Morgan fingerprint density at radius 3 is 2.80 bits per heavy atom. The van der Waals surface area contributed by atoms with Gasteiger partial charge in [0.15, 0.2) is 0 Å². The topological polar surface area (TPSA) is 66.0 Å². The van der Waals surface area contributed by atoms with Crippen LogP contribution in [0.25, 0.3) is 5.69 Å². The summed E-state index contributed by atoms with van der Waals surface area (Å²) >= 11 is 0. The van der Waals surface area contributed by atoms with E-state index in [1.165, 1.54) is 6.33 Å². The molecule has 5 nitrogen and oxygen atoms in total. The minimum atomic E-state index is 0.610. The highest BCUT2D eigenvalue weighted by atomic mass is 16.5. The Bertz CT molecular complexity index is 478.